The van der Waals surface area contributed by atoms with Gasteiger partial charge in [-0.15, -0.1) is 0 Å². The number of nitrogens with zero attached hydrogens (tertiary/aromatic N) is 2. The Morgan fingerprint density at radius 2 is 1.71 bits per heavy atom. The number of thioether (sulfide) groups is 1. The molecule has 0 unspecified atom stereocenters. The van der Waals surface area contributed by atoms with Crippen molar-refractivity contribution < 1.29 is 0 Å². The maximum Gasteiger partial charge on any atom is 0.183 e. The maximum atomic E-state index is 4.09. The summed E-state index contributed by atoms with van der Waals surface area (Å²) in [6, 6.07) is 0. The molecular formula is C17H27N3S. The minimum absolute atomic E-state index is 0.883. The molecule has 0 aliphatic carbocycles. The van der Waals surface area contributed by atoms with Crippen LogP contribution in [0.3, 0.4) is 0 Å². The fraction of sp³-hybridized carbons (Fsp3) is 0.529. The van der Waals surface area contributed by atoms with E-state index < -0.39 is 0 Å². The van der Waals surface area contributed by atoms with Crippen molar-refractivity contribution in [2.45, 2.75) is 58.5 Å². The molecule has 0 saturated carbocycles. The predicted molar refractivity (Wildman–Crippen MR) is 92.5 cm³/mol. The number of allylic oxidation sites excluding steroid dienone is 5. The standard InChI is InChI=1S/C17H27N3S/c1-14(2)7-5-8-15(3)9-6-10-16(4)11-12-21-17-18-13-19-20-17/h7,9,11,13H,5-6,8,10,12H2,1-4H3,(H,18,19,20)/b15-9-,16-11+. The van der Waals surface area contributed by atoms with E-state index in [-0.39, 0.29) is 0 Å². The van der Waals surface area contributed by atoms with Crippen LogP contribution in [0.4, 0.5) is 0 Å². The van der Waals surface area contributed by atoms with Crippen LogP contribution < -0.4 is 0 Å². The Morgan fingerprint density at radius 1 is 1.05 bits per heavy atom. The number of aromatic amines is 1. The van der Waals surface area contributed by atoms with Crippen LogP contribution in [0.25, 0.3) is 0 Å². The van der Waals surface area contributed by atoms with Crippen molar-refractivity contribution in [2.75, 3.05) is 5.75 Å². The highest BCUT2D eigenvalue weighted by molar-refractivity contribution is 7.99. The van der Waals surface area contributed by atoms with Crippen LogP contribution in [0.15, 0.2) is 46.4 Å². The summed E-state index contributed by atoms with van der Waals surface area (Å²) in [5, 5.41) is 7.57. The van der Waals surface area contributed by atoms with Crippen molar-refractivity contribution in [3.8, 4) is 0 Å². The van der Waals surface area contributed by atoms with E-state index in [1.54, 1.807) is 18.1 Å². The highest BCUT2D eigenvalue weighted by atomic mass is 32.2. The van der Waals surface area contributed by atoms with Gasteiger partial charge in [-0.1, -0.05) is 46.7 Å². The number of nitrogens with one attached hydrogen (secondary N) is 1. The molecule has 3 nitrogen and oxygen atoms in total. The summed E-state index contributed by atoms with van der Waals surface area (Å²) in [5.41, 5.74) is 4.34. The molecule has 0 aliphatic rings. The smallest absolute Gasteiger partial charge is 0.183 e. The Bertz CT molecular complexity index is 480. The van der Waals surface area contributed by atoms with Gasteiger partial charge < -0.3 is 0 Å². The van der Waals surface area contributed by atoms with Crippen molar-refractivity contribution in [2.24, 2.45) is 0 Å². The summed E-state index contributed by atoms with van der Waals surface area (Å²) in [4.78, 5) is 4.09. The lowest BCUT2D eigenvalue weighted by Gasteiger charge is -2.01. The zero-order valence-corrected chi connectivity index (χ0v) is 14.5. The second kappa shape index (κ2) is 10.4. The van der Waals surface area contributed by atoms with Crippen LogP contribution in [-0.4, -0.2) is 20.9 Å². The Labute approximate surface area is 133 Å². The summed E-state index contributed by atoms with van der Waals surface area (Å²) in [6.07, 6.45) is 13.1. The molecule has 0 bridgehead atoms. The van der Waals surface area contributed by atoms with Gasteiger partial charge in [0.1, 0.15) is 6.33 Å². The molecule has 0 fully saturated rings. The van der Waals surface area contributed by atoms with E-state index in [0.29, 0.717) is 0 Å². The van der Waals surface area contributed by atoms with Gasteiger partial charge in [0, 0.05) is 5.75 Å². The third-order valence-electron chi connectivity index (χ3n) is 3.17. The van der Waals surface area contributed by atoms with Gasteiger partial charge in [0.15, 0.2) is 5.16 Å². The summed E-state index contributed by atoms with van der Waals surface area (Å²) in [7, 11) is 0. The van der Waals surface area contributed by atoms with Crippen molar-refractivity contribution in [3.05, 3.63) is 41.3 Å². The summed E-state index contributed by atoms with van der Waals surface area (Å²) in [6.45, 7) is 8.75. The average molecular weight is 305 g/mol. The van der Waals surface area contributed by atoms with Gasteiger partial charge in [0.2, 0.25) is 0 Å². The van der Waals surface area contributed by atoms with Gasteiger partial charge in [0.05, 0.1) is 0 Å². The van der Waals surface area contributed by atoms with Crippen LogP contribution in [-0.2, 0) is 0 Å². The van der Waals surface area contributed by atoms with Gasteiger partial charge in [-0.3, -0.25) is 5.10 Å². The molecular weight excluding hydrogens is 278 g/mol. The molecule has 1 heterocycles. The average Bonchev–Trinajstić information content (AvgIpc) is 2.91. The molecule has 1 aromatic heterocycles. The lowest BCUT2D eigenvalue weighted by molar-refractivity contribution is 0.917. The van der Waals surface area contributed by atoms with E-state index in [4.69, 9.17) is 0 Å². The molecule has 1 N–H and O–H groups in total. The van der Waals surface area contributed by atoms with Crippen LogP contribution in [0.1, 0.15) is 53.4 Å². The van der Waals surface area contributed by atoms with E-state index in [1.165, 1.54) is 23.1 Å². The molecule has 0 radical (unpaired) electrons. The highest BCUT2D eigenvalue weighted by Gasteiger charge is 1.95. The van der Waals surface area contributed by atoms with Gasteiger partial charge in [-0.2, -0.15) is 5.10 Å². The summed E-state index contributed by atoms with van der Waals surface area (Å²) < 4.78 is 0. The first-order valence-corrected chi connectivity index (χ1v) is 8.49. The number of hydrogen-bond acceptors (Lipinski definition) is 3. The van der Waals surface area contributed by atoms with Crippen molar-refractivity contribution >= 4 is 11.8 Å². The number of rotatable bonds is 9. The Hall–Kier alpha value is -1.29. The number of hydrogen-bond donors (Lipinski definition) is 1. The molecule has 4 heteroatoms. The van der Waals surface area contributed by atoms with E-state index in [2.05, 4.69) is 61.1 Å². The predicted octanol–water partition coefficient (Wildman–Crippen LogP) is 5.32. The van der Waals surface area contributed by atoms with Crippen molar-refractivity contribution in [3.63, 3.8) is 0 Å². The van der Waals surface area contributed by atoms with Gasteiger partial charge >= 0.3 is 0 Å². The Morgan fingerprint density at radius 3 is 2.33 bits per heavy atom. The van der Waals surface area contributed by atoms with Gasteiger partial charge in [-0.25, -0.2) is 4.98 Å². The minimum atomic E-state index is 0.883. The van der Waals surface area contributed by atoms with Gasteiger partial charge in [0.25, 0.3) is 0 Å². The first-order chi connectivity index (χ1) is 10.1. The van der Waals surface area contributed by atoms with E-state index in [0.717, 1.165) is 30.2 Å². The minimum Gasteiger partial charge on any atom is -0.254 e. The molecule has 116 valence electrons. The largest absolute Gasteiger partial charge is 0.254 e. The zero-order valence-electron chi connectivity index (χ0n) is 13.6. The normalized spacial score (nSPS) is 12.6. The molecule has 1 aromatic rings. The molecule has 0 amide bonds. The van der Waals surface area contributed by atoms with E-state index in [1.807, 2.05) is 0 Å². The quantitative estimate of drug-likeness (QED) is 0.496. The fourth-order valence-electron chi connectivity index (χ4n) is 1.87. The van der Waals surface area contributed by atoms with Crippen LogP contribution in [0.2, 0.25) is 0 Å². The third kappa shape index (κ3) is 9.29. The molecule has 21 heavy (non-hydrogen) atoms. The van der Waals surface area contributed by atoms with E-state index in [9.17, 15) is 0 Å². The van der Waals surface area contributed by atoms with Crippen molar-refractivity contribution in [1.82, 2.24) is 15.2 Å². The van der Waals surface area contributed by atoms with Crippen LogP contribution in [0, 0.1) is 0 Å². The molecule has 0 aromatic carbocycles. The summed E-state index contributed by atoms with van der Waals surface area (Å²) in [5.74, 6) is 0.949. The van der Waals surface area contributed by atoms with E-state index >= 15 is 0 Å². The maximum absolute atomic E-state index is 4.09. The SMILES string of the molecule is CC(C)=CCC/C(C)=C\CC/C(C)=C/CSc1ncn[nH]1. The molecule has 0 atom stereocenters. The lowest BCUT2D eigenvalue weighted by Crippen LogP contribution is -1.83. The fourth-order valence-corrected chi connectivity index (χ4v) is 2.63. The first kappa shape index (κ1) is 17.8. The van der Waals surface area contributed by atoms with Crippen LogP contribution in [0.5, 0.6) is 0 Å². The Kier molecular flexibility index (Phi) is 8.83. The molecule has 1 rings (SSSR count). The number of H-pyrrole nitrogens is 1. The lowest BCUT2D eigenvalue weighted by atomic mass is 10.1. The first-order valence-electron chi connectivity index (χ1n) is 7.50. The highest BCUT2D eigenvalue weighted by Crippen LogP contribution is 2.14. The topological polar surface area (TPSA) is 41.6 Å². The second-order valence-electron chi connectivity index (χ2n) is 5.56. The Balaban J connectivity index is 2.19. The van der Waals surface area contributed by atoms with Crippen LogP contribution >= 0.6 is 11.8 Å². The van der Waals surface area contributed by atoms with Gasteiger partial charge in [-0.05, 0) is 53.4 Å². The molecule has 0 aliphatic heterocycles. The zero-order chi connectivity index (χ0) is 15.5. The van der Waals surface area contributed by atoms with Crippen molar-refractivity contribution in [1.29, 1.82) is 0 Å². The molecule has 0 saturated heterocycles. The summed E-state index contributed by atoms with van der Waals surface area (Å²) >= 11 is 1.68. The third-order valence-corrected chi connectivity index (χ3v) is 3.97. The monoisotopic (exact) mass is 305 g/mol. The number of aromatic nitrogens is 3. The molecule has 0 spiro atoms. The second-order valence-corrected chi connectivity index (χ2v) is 6.57.